The van der Waals surface area contributed by atoms with Gasteiger partial charge >= 0.3 is 5.97 Å². The number of nitrogen functional groups attached to an aromatic ring is 1. The Labute approximate surface area is 191 Å². The molecule has 0 aromatic heterocycles. The lowest BCUT2D eigenvalue weighted by Gasteiger charge is -2.49. The number of nitrogens with two attached hydrogens (primary N) is 1. The molecule has 3 aromatic rings. The van der Waals surface area contributed by atoms with Gasteiger partial charge in [-0.1, -0.05) is 86.6 Å². The summed E-state index contributed by atoms with van der Waals surface area (Å²) < 4.78 is 0. The number of hydrogen-bond acceptors (Lipinski definition) is 3. The quantitative estimate of drug-likeness (QED) is 0.440. The summed E-state index contributed by atoms with van der Waals surface area (Å²) in [6.07, 6.45) is 1.85. The van der Waals surface area contributed by atoms with Crippen LogP contribution < -0.4 is 5.73 Å². The van der Waals surface area contributed by atoms with Gasteiger partial charge in [0.05, 0.1) is 0 Å². The number of carbonyl (C=O) groups is 1. The van der Waals surface area contributed by atoms with Crippen molar-refractivity contribution in [2.75, 3.05) is 19.3 Å². The van der Waals surface area contributed by atoms with Gasteiger partial charge in [-0.3, -0.25) is 9.69 Å². The fourth-order valence-electron chi connectivity index (χ4n) is 4.73. The summed E-state index contributed by atoms with van der Waals surface area (Å²) in [4.78, 5) is 15.1. The molecule has 4 nitrogen and oxygen atoms in total. The lowest BCUT2D eigenvalue weighted by atomic mass is 9.65. The van der Waals surface area contributed by atoms with Crippen molar-refractivity contribution in [1.82, 2.24) is 4.90 Å². The maximum Gasteiger partial charge on any atom is 0.325 e. The second-order valence-electron chi connectivity index (χ2n) is 9.29. The summed E-state index contributed by atoms with van der Waals surface area (Å²) in [5.41, 5.74) is 8.24. The van der Waals surface area contributed by atoms with Crippen LogP contribution in [0.4, 0.5) is 5.69 Å². The van der Waals surface area contributed by atoms with Gasteiger partial charge in [0.1, 0.15) is 5.54 Å². The smallest absolute Gasteiger partial charge is 0.325 e. The van der Waals surface area contributed by atoms with Crippen molar-refractivity contribution in [3.05, 3.63) is 102 Å². The van der Waals surface area contributed by atoms with Gasteiger partial charge in [0, 0.05) is 18.7 Å². The van der Waals surface area contributed by atoms with E-state index < -0.39 is 16.9 Å². The minimum absolute atomic E-state index is 0.432. The van der Waals surface area contributed by atoms with Crippen LogP contribution in [0.15, 0.2) is 84.9 Å². The maximum atomic E-state index is 13.1. The monoisotopic (exact) mass is 430 g/mol. The average Bonchev–Trinajstić information content (AvgIpc) is 2.77. The highest BCUT2D eigenvalue weighted by Gasteiger charge is 2.54. The van der Waals surface area contributed by atoms with Crippen LogP contribution in [0.3, 0.4) is 0 Å². The van der Waals surface area contributed by atoms with E-state index in [2.05, 4.69) is 26.0 Å². The summed E-state index contributed by atoms with van der Waals surface area (Å²) in [5, 5.41) is 10.7. The highest BCUT2D eigenvalue weighted by Crippen LogP contribution is 2.41. The van der Waals surface area contributed by atoms with Crippen LogP contribution in [0.1, 0.15) is 30.5 Å². The molecule has 0 bridgehead atoms. The third-order valence-corrected chi connectivity index (χ3v) is 6.63. The van der Waals surface area contributed by atoms with Crippen molar-refractivity contribution in [3.63, 3.8) is 0 Å². The number of carboxylic acid groups (broad SMARTS) is 1. The number of anilines is 1. The van der Waals surface area contributed by atoms with E-state index in [-0.39, 0.29) is 0 Å². The molecule has 0 fully saturated rings. The second-order valence-corrected chi connectivity index (χ2v) is 9.29. The van der Waals surface area contributed by atoms with E-state index in [0.29, 0.717) is 19.4 Å². The molecule has 0 saturated carbocycles. The van der Waals surface area contributed by atoms with Crippen molar-refractivity contribution in [2.45, 2.75) is 38.6 Å². The molecule has 3 aromatic carbocycles. The first-order valence-electron chi connectivity index (χ1n) is 11.1. The Bertz CT molecular complexity index is 1000. The molecule has 1 atom stereocenters. The molecule has 0 heterocycles. The highest BCUT2D eigenvalue weighted by molar-refractivity contribution is 5.80. The Morgan fingerprint density at radius 1 is 0.812 bits per heavy atom. The topological polar surface area (TPSA) is 66.6 Å². The van der Waals surface area contributed by atoms with E-state index in [0.717, 1.165) is 28.8 Å². The standard InChI is InChI=1S/C28H34N2O2/c1-27(2,20-23-10-6-4-7-11-23)28(26(31)32,21-24-12-8-5-9-13-24)30(3)19-18-22-14-16-25(29)17-15-22/h4-17H,18-21,29H2,1-3H3,(H,31,32)/t28-/m1/s1. The number of carboxylic acids is 1. The molecular weight excluding hydrogens is 396 g/mol. The van der Waals surface area contributed by atoms with E-state index in [1.807, 2.05) is 84.7 Å². The Morgan fingerprint density at radius 3 is 1.81 bits per heavy atom. The molecule has 4 heteroatoms. The van der Waals surface area contributed by atoms with Gasteiger partial charge in [0.25, 0.3) is 0 Å². The van der Waals surface area contributed by atoms with Crippen LogP contribution >= 0.6 is 0 Å². The number of rotatable bonds is 10. The van der Waals surface area contributed by atoms with E-state index >= 15 is 0 Å². The summed E-state index contributed by atoms with van der Waals surface area (Å²) in [6.45, 7) is 4.79. The van der Waals surface area contributed by atoms with E-state index in [1.54, 1.807) is 0 Å². The van der Waals surface area contributed by atoms with Crippen molar-refractivity contribution >= 4 is 11.7 Å². The van der Waals surface area contributed by atoms with Crippen LogP contribution in [0.25, 0.3) is 0 Å². The fraction of sp³-hybridized carbons (Fsp3) is 0.321. The van der Waals surface area contributed by atoms with Crippen molar-refractivity contribution in [2.24, 2.45) is 5.41 Å². The zero-order valence-corrected chi connectivity index (χ0v) is 19.3. The van der Waals surface area contributed by atoms with Gasteiger partial charge < -0.3 is 10.8 Å². The first kappa shape index (κ1) is 23.6. The zero-order valence-electron chi connectivity index (χ0n) is 19.3. The molecule has 0 spiro atoms. The van der Waals surface area contributed by atoms with Crippen LogP contribution in [0, 0.1) is 5.41 Å². The molecule has 0 aliphatic carbocycles. The van der Waals surface area contributed by atoms with Gasteiger partial charge in [0.15, 0.2) is 0 Å². The molecule has 0 unspecified atom stereocenters. The Hall–Kier alpha value is -3.11. The molecule has 0 radical (unpaired) electrons. The normalized spacial score (nSPS) is 13.6. The molecule has 0 aliphatic rings. The summed E-state index contributed by atoms with van der Waals surface area (Å²) >= 11 is 0. The Kier molecular flexibility index (Phi) is 7.37. The van der Waals surface area contributed by atoms with Crippen LogP contribution in [-0.4, -0.2) is 35.1 Å². The van der Waals surface area contributed by atoms with E-state index in [1.165, 1.54) is 0 Å². The minimum Gasteiger partial charge on any atom is -0.480 e. The molecule has 3 N–H and O–H groups in total. The SMILES string of the molecule is CN(CCc1ccc(N)cc1)[C@](Cc1ccccc1)(C(=O)O)C(C)(C)Cc1ccccc1. The second kappa shape index (κ2) is 10.0. The molecule has 0 aliphatic heterocycles. The van der Waals surface area contributed by atoms with Crippen LogP contribution in [0.5, 0.6) is 0 Å². The van der Waals surface area contributed by atoms with Crippen molar-refractivity contribution in [3.8, 4) is 0 Å². The van der Waals surface area contributed by atoms with Gasteiger partial charge in [-0.25, -0.2) is 0 Å². The molecule has 0 amide bonds. The third kappa shape index (κ3) is 5.20. The zero-order chi connectivity index (χ0) is 23.2. The molecule has 168 valence electrons. The van der Waals surface area contributed by atoms with E-state index in [9.17, 15) is 9.90 Å². The van der Waals surface area contributed by atoms with E-state index in [4.69, 9.17) is 5.73 Å². The lowest BCUT2D eigenvalue weighted by molar-refractivity contribution is -0.160. The van der Waals surface area contributed by atoms with Gasteiger partial charge in [0.2, 0.25) is 0 Å². The predicted octanol–water partition coefficient (Wildman–Crippen LogP) is 5.08. The van der Waals surface area contributed by atoms with Gasteiger partial charge in [-0.15, -0.1) is 0 Å². The number of hydrogen-bond donors (Lipinski definition) is 2. The fourth-order valence-corrected chi connectivity index (χ4v) is 4.73. The summed E-state index contributed by atoms with van der Waals surface area (Å²) in [6, 6.07) is 27.9. The Balaban J connectivity index is 1.97. The first-order chi connectivity index (χ1) is 15.2. The lowest BCUT2D eigenvalue weighted by Crippen LogP contribution is -2.64. The molecule has 32 heavy (non-hydrogen) atoms. The summed E-state index contributed by atoms with van der Waals surface area (Å²) in [7, 11) is 1.95. The Morgan fingerprint density at radius 2 is 1.31 bits per heavy atom. The highest BCUT2D eigenvalue weighted by atomic mass is 16.4. The number of aliphatic carboxylic acids is 1. The average molecular weight is 431 g/mol. The predicted molar refractivity (Wildman–Crippen MR) is 132 cm³/mol. The van der Waals surface area contributed by atoms with Crippen molar-refractivity contribution in [1.29, 1.82) is 0 Å². The van der Waals surface area contributed by atoms with Crippen LogP contribution in [-0.2, 0) is 24.1 Å². The number of likely N-dealkylation sites (N-methyl/N-ethyl adjacent to an activating group) is 1. The molecule has 3 rings (SSSR count). The van der Waals surface area contributed by atoms with Crippen LogP contribution in [0.2, 0.25) is 0 Å². The number of nitrogens with zero attached hydrogens (tertiary/aromatic N) is 1. The first-order valence-corrected chi connectivity index (χ1v) is 11.1. The maximum absolute atomic E-state index is 13.1. The largest absolute Gasteiger partial charge is 0.480 e. The summed E-state index contributed by atoms with van der Waals surface area (Å²) in [5.74, 6) is -0.790. The molecule has 0 saturated heterocycles. The molecular formula is C28H34N2O2. The third-order valence-electron chi connectivity index (χ3n) is 6.63. The van der Waals surface area contributed by atoms with Crippen molar-refractivity contribution < 1.29 is 9.90 Å². The van der Waals surface area contributed by atoms with Gasteiger partial charge in [-0.2, -0.15) is 0 Å². The van der Waals surface area contributed by atoms with Gasteiger partial charge in [-0.05, 0) is 54.1 Å². The number of benzene rings is 3. The minimum atomic E-state index is -1.09.